The van der Waals surface area contributed by atoms with Crippen LogP contribution in [0.4, 0.5) is 0 Å². The predicted molar refractivity (Wildman–Crippen MR) is 251 cm³/mol. The number of fused-ring (bicyclic) bond motifs is 2. The lowest BCUT2D eigenvalue weighted by molar-refractivity contribution is -0.129. The number of carbonyl (C=O) groups excluding carboxylic acids is 2. The van der Waals surface area contributed by atoms with Crippen molar-refractivity contribution < 1.29 is 52.2 Å². The molecule has 0 atom stereocenters. The molecular weight excluding hydrogens is 850 g/mol. The van der Waals surface area contributed by atoms with Gasteiger partial charge in [-0.25, -0.2) is 4.79 Å². The first kappa shape index (κ1) is 50.4. The van der Waals surface area contributed by atoms with E-state index in [2.05, 4.69) is 32.0 Å². The van der Waals surface area contributed by atoms with Crippen LogP contribution in [0.1, 0.15) is 49.3 Å². The zero-order valence-corrected chi connectivity index (χ0v) is 38.8. The summed E-state index contributed by atoms with van der Waals surface area (Å²) in [7, 11) is 0. The Morgan fingerprint density at radius 2 is 0.831 bits per heavy atom. The quantitative estimate of drug-likeness (QED) is 0.110. The maximum Gasteiger partial charge on any atom is 0.338 e. The molecule has 0 spiro atoms. The minimum atomic E-state index is -0.335. The number of halogens is 1. The first-order valence-electron chi connectivity index (χ1n) is 21.9. The van der Waals surface area contributed by atoms with Crippen molar-refractivity contribution >= 4 is 23.5 Å². The summed E-state index contributed by atoms with van der Waals surface area (Å²) in [6.07, 6.45) is 0. The second-order valence-corrected chi connectivity index (χ2v) is 15.7. The number of hydrogen-bond donors (Lipinski definition) is 0. The molecule has 0 saturated carbocycles. The molecule has 0 saturated heterocycles. The van der Waals surface area contributed by atoms with Gasteiger partial charge in [-0.15, -0.1) is 11.6 Å². The summed E-state index contributed by atoms with van der Waals surface area (Å²) in [6, 6.07) is 34.8. The first-order chi connectivity index (χ1) is 31.7. The van der Waals surface area contributed by atoms with Crippen molar-refractivity contribution in [3.05, 3.63) is 154 Å². The Morgan fingerprint density at radius 3 is 1.23 bits per heavy atom. The fraction of sp³-hybridized carbons (Fsp3) is 0.385. The number of rotatable bonds is 8. The molecule has 13 heteroatoms. The summed E-state index contributed by atoms with van der Waals surface area (Å²) in [5.74, 6) is 2.23. The largest absolute Gasteiger partial charge is 0.487 e. The molecule has 0 aromatic heterocycles. The molecule has 0 unspecified atom stereocenters. The van der Waals surface area contributed by atoms with Crippen LogP contribution in [0, 0.1) is 27.7 Å². The van der Waals surface area contributed by atoms with Gasteiger partial charge < -0.3 is 47.5 Å². The summed E-state index contributed by atoms with van der Waals surface area (Å²) in [5.41, 5.74) is 7.92. The van der Waals surface area contributed by atoms with Gasteiger partial charge in [0, 0.05) is 13.1 Å². The maximum atomic E-state index is 12.5. The van der Waals surface area contributed by atoms with Crippen molar-refractivity contribution in [2.24, 2.45) is 0 Å². The molecule has 0 bridgehead atoms. The lowest BCUT2D eigenvalue weighted by Crippen LogP contribution is -2.31. The third-order valence-corrected chi connectivity index (χ3v) is 9.96. The van der Waals surface area contributed by atoms with Crippen LogP contribution in [0.25, 0.3) is 0 Å². The fourth-order valence-electron chi connectivity index (χ4n) is 6.85. The van der Waals surface area contributed by atoms with Gasteiger partial charge in [-0.3, -0.25) is 4.79 Å². The highest BCUT2D eigenvalue weighted by Gasteiger charge is 2.15. The Hall–Kier alpha value is -5.63. The molecule has 12 nitrogen and oxygen atoms in total. The normalized spacial score (nSPS) is 14.4. The van der Waals surface area contributed by atoms with Crippen LogP contribution in [0.2, 0.25) is 0 Å². The zero-order valence-electron chi connectivity index (χ0n) is 38.0. The van der Waals surface area contributed by atoms with Crippen molar-refractivity contribution in [2.75, 3.05) is 85.2 Å². The van der Waals surface area contributed by atoms with Gasteiger partial charge in [-0.05, 0) is 80.8 Å². The van der Waals surface area contributed by atoms with Crippen LogP contribution >= 0.6 is 11.6 Å². The number of nitrogens with zero attached hydrogens (tertiary/aromatic N) is 1. The average molecular weight is 913 g/mol. The van der Waals surface area contributed by atoms with Gasteiger partial charge in [0.2, 0.25) is 5.91 Å². The molecule has 0 N–H and O–H groups in total. The minimum absolute atomic E-state index is 0.0583. The summed E-state index contributed by atoms with van der Waals surface area (Å²) < 4.78 is 50.8. The molecular formula is C52H62ClNO11. The van der Waals surface area contributed by atoms with Crippen molar-refractivity contribution in [3.63, 3.8) is 0 Å². The number of esters is 1. The number of hydrogen-bond acceptors (Lipinski definition) is 11. The topological polar surface area (TPSA) is 120 Å². The highest BCUT2D eigenvalue weighted by molar-refractivity contribution is 6.27. The van der Waals surface area contributed by atoms with E-state index in [0.717, 1.165) is 27.8 Å². The van der Waals surface area contributed by atoms with E-state index < -0.39 is 0 Å². The molecule has 0 aliphatic carbocycles. The van der Waals surface area contributed by atoms with Crippen LogP contribution in [0.15, 0.2) is 109 Å². The van der Waals surface area contributed by atoms with Crippen molar-refractivity contribution in [3.8, 4) is 23.0 Å². The molecule has 1 heterocycles. The molecule has 1 aliphatic rings. The molecule has 348 valence electrons. The van der Waals surface area contributed by atoms with Crippen molar-refractivity contribution in [2.45, 2.75) is 47.4 Å². The Balaban J connectivity index is 0.000000244. The molecule has 0 fully saturated rings. The van der Waals surface area contributed by atoms with E-state index in [0.29, 0.717) is 121 Å². The number of carbonyl (C=O) groups is 2. The van der Waals surface area contributed by atoms with Gasteiger partial charge in [0.25, 0.3) is 0 Å². The highest BCUT2D eigenvalue weighted by atomic mass is 35.5. The van der Waals surface area contributed by atoms with Gasteiger partial charge in [-0.2, -0.15) is 0 Å². The van der Waals surface area contributed by atoms with Gasteiger partial charge in [-0.1, -0.05) is 95.1 Å². The second kappa shape index (κ2) is 28.3. The number of ether oxygens (including phenoxy) is 9. The smallest absolute Gasteiger partial charge is 0.338 e. The van der Waals surface area contributed by atoms with E-state index in [1.165, 1.54) is 11.1 Å². The standard InChI is InChI=1S/C28H30ClNO3.C24H32O8/c1-19-9-20(2)12-25(11-19)17-30(27(31)15-29)16-23-5-7-24(8-6-23)18-33-28(32)26-13-21(3)10-22(4)14-26;1-2-6-22-21(5-1)29-17-13-25-9-10-27-15-19-31-23-7-3-4-8-24(23)32-20-16-28-12-11-26-14-18-30-22/h5-14H,15-18H2,1-4H3;1-8H,9-20H2. The highest BCUT2D eigenvalue weighted by Crippen LogP contribution is 2.27. The number of benzene rings is 5. The van der Waals surface area contributed by atoms with E-state index in [1.54, 1.807) is 4.90 Å². The Labute approximate surface area is 388 Å². The van der Waals surface area contributed by atoms with Gasteiger partial charge in [0.05, 0.1) is 58.4 Å². The van der Waals surface area contributed by atoms with Gasteiger partial charge >= 0.3 is 5.97 Å². The van der Waals surface area contributed by atoms with Crippen LogP contribution in [0.5, 0.6) is 23.0 Å². The van der Waals surface area contributed by atoms with Crippen LogP contribution < -0.4 is 18.9 Å². The Bertz CT molecular complexity index is 2030. The van der Waals surface area contributed by atoms with Crippen LogP contribution in [-0.4, -0.2) is 102 Å². The van der Waals surface area contributed by atoms with E-state index in [-0.39, 0.29) is 24.4 Å². The van der Waals surface area contributed by atoms with E-state index >= 15 is 0 Å². The molecule has 0 radical (unpaired) electrons. The SMILES string of the molecule is Cc1cc(C)cc(CN(Cc2ccc(COC(=O)c3cc(C)cc(C)c3)cc2)C(=O)CCl)c1.c1ccc2c(c1)OCCOCCOCCOc1ccccc1OCCOCCOCCO2. The fourth-order valence-corrected chi connectivity index (χ4v) is 7.02. The van der Waals surface area contributed by atoms with Crippen LogP contribution in [0.3, 0.4) is 0 Å². The molecule has 1 aliphatic heterocycles. The first-order valence-corrected chi connectivity index (χ1v) is 22.4. The Kier molecular flexibility index (Phi) is 21.9. The number of amides is 1. The summed E-state index contributed by atoms with van der Waals surface area (Å²) in [6.45, 7) is 14.7. The lowest BCUT2D eigenvalue weighted by Gasteiger charge is -2.23. The number of alkyl halides is 1. The number of aryl methyl sites for hydroxylation is 4. The van der Waals surface area contributed by atoms with Crippen molar-refractivity contribution in [1.82, 2.24) is 4.90 Å². The van der Waals surface area contributed by atoms with Gasteiger partial charge in [0.1, 0.15) is 38.9 Å². The monoisotopic (exact) mass is 911 g/mol. The van der Waals surface area contributed by atoms with Gasteiger partial charge in [0.15, 0.2) is 23.0 Å². The summed E-state index contributed by atoms with van der Waals surface area (Å²) in [4.78, 5) is 26.6. The molecule has 65 heavy (non-hydrogen) atoms. The molecule has 1 amide bonds. The third-order valence-electron chi connectivity index (χ3n) is 9.73. The maximum absolute atomic E-state index is 12.5. The van der Waals surface area contributed by atoms with E-state index in [4.69, 9.17) is 54.2 Å². The second-order valence-electron chi connectivity index (χ2n) is 15.4. The number of para-hydroxylation sites is 4. The molecule has 5 aromatic carbocycles. The summed E-state index contributed by atoms with van der Waals surface area (Å²) >= 11 is 5.87. The molecule has 6 rings (SSSR count). The van der Waals surface area contributed by atoms with Crippen LogP contribution in [-0.2, 0) is 48.2 Å². The summed E-state index contributed by atoms with van der Waals surface area (Å²) in [5, 5.41) is 0. The minimum Gasteiger partial charge on any atom is -0.487 e. The Morgan fingerprint density at radius 1 is 0.477 bits per heavy atom. The third kappa shape index (κ3) is 18.8. The van der Waals surface area contributed by atoms with E-state index in [1.807, 2.05) is 105 Å². The molecule has 5 aromatic rings. The predicted octanol–water partition coefficient (Wildman–Crippen LogP) is 9.03. The van der Waals surface area contributed by atoms with Crippen molar-refractivity contribution in [1.29, 1.82) is 0 Å². The average Bonchev–Trinajstić information content (AvgIpc) is 3.29. The van der Waals surface area contributed by atoms with E-state index in [9.17, 15) is 9.59 Å². The lowest BCUT2D eigenvalue weighted by atomic mass is 10.1. The zero-order chi connectivity index (χ0) is 46.1.